The SMILES string of the molecule is CC(C)(C)OC(=O)B(N)c1ccccc1. The molecule has 0 amide bonds. The number of carbonyl (C=O) groups excluding carboxylic acids is 1. The maximum absolute atomic E-state index is 11.6. The third-order valence-corrected chi connectivity index (χ3v) is 1.82. The average molecular weight is 205 g/mol. The normalized spacial score (nSPS) is 10.9. The van der Waals surface area contributed by atoms with Gasteiger partial charge in [0.05, 0.1) is 0 Å². The quantitative estimate of drug-likeness (QED) is 0.741. The maximum atomic E-state index is 11.6. The van der Waals surface area contributed by atoms with Gasteiger partial charge < -0.3 is 10.4 Å². The van der Waals surface area contributed by atoms with Crippen molar-refractivity contribution in [1.82, 2.24) is 0 Å². The van der Waals surface area contributed by atoms with Gasteiger partial charge in [0.25, 0.3) is 5.87 Å². The second-order valence-corrected chi connectivity index (χ2v) is 4.42. The number of hydrogen-bond donors (Lipinski definition) is 1. The van der Waals surface area contributed by atoms with E-state index in [0.29, 0.717) is 0 Å². The number of carbonyl (C=O) groups is 1. The first kappa shape index (κ1) is 11.8. The van der Waals surface area contributed by atoms with Crippen LogP contribution in [0, 0.1) is 0 Å². The van der Waals surface area contributed by atoms with Gasteiger partial charge in [-0.3, -0.25) is 4.79 Å². The Morgan fingerprint density at radius 1 is 1.27 bits per heavy atom. The van der Waals surface area contributed by atoms with Crippen molar-refractivity contribution in [2.75, 3.05) is 0 Å². The summed E-state index contributed by atoms with van der Waals surface area (Å²) in [7, 11) is 0. The topological polar surface area (TPSA) is 52.3 Å². The molecule has 0 aliphatic carbocycles. The molecule has 1 aromatic carbocycles. The van der Waals surface area contributed by atoms with E-state index < -0.39 is 18.3 Å². The van der Waals surface area contributed by atoms with E-state index in [1.165, 1.54) is 0 Å². The third-order valence-electron chi connectivity index (χ3n) is 1.82. The smallest absolute Gasteiger partial charge is 0.386 e. The molecule has 0 saturated carbocycles. The van der Waals surface area contributed by atoms with Crippen LogP contribution in [-0.2, 0) is 4.74 Å². The van der Waals surface area contributed by atoms with Crippen LogP contribution in [0.2, 0.25) is 0 Å². The van der Waals surface area contributed by atoms with Gasteiger partial charge in [0.15, 0.2) is 0 Å². The first-order valence-electron chi connectivity index (χ1n) is 4.93. The summed E-state index contributed by atoms with van der Waals surface area (Å²) in [6, 6.07) is 9.20. The zero-order chi connectivity index (χ0) is 11.5. The number of ether oxygens (including phenoxy) is 1. The lowest BCUT2D eigenvalue weighted by Crippen LogP contribution is -2.49. The van der Waals surface area contributed by atoms with Crippen molar-refractivity contribution in [3.05, 3.63) is 30.3 Å². The van der Waals surface area contributed by atoms with Crippen molar-refractivity contribution in [2.24, 2.45) is 5.64 Å². The highest BCUT2D eigenvalue weighted by Gasteiger charge is 2.27. The molecule has 15 heavy (non-hydrogen) atoms. The Hall–Kier alpha value is -1.29. The fourth-order valence-corrected chi connectivity index (χ4v) is 1.16. The molecule has 2 N–H and O–H groups in total. The molecule has 0 spiro atoms. The first-order chi connectivity index (χ1) is 6.90. The van der Waals surface area contributed by atoms with Crippen LogP contribution in [0.1, 0.15) is 20.8 Å². The van der Waals surface area contributed by atoms with Crippen LogP contribution < -0.4 is 11.1 Å². The Bertz CT molecular complexity index is 332. The standard InChI is InChI=1S/C11H16BNO2/c1-11(2,3)15-10(14)12(13)9-7-5-4-6-8-9/h4-8H,13H2,1-3H3. The van der Waals surface area contributed by atoms with Gasteiger partial charge in [-0.05, 0) is 20.8 Å². The minimum atomic E-state index is -0.703. The van der Waals surface area contributed by atoms with Gasteiger partial charge in [-0.25, -0.2) is 0 Å². The van der Waals surface area contributed by atoms with Crippen LogP contribution in [0.3, 0.4) is 0 Å². The van der Waals surface area contributed by atoms with E-state index in [4.69, 9.17) is 10.4 Å². The molecule has 0 saturated heterocycles. The lowest BCUT2D eigenvalue weighted by atomic mass is 9.57. The van der Waals surface area contributed by atoms with E-state index >= 15 is 0 Å². The molecule has 0 bridgehead atoms. The van der Waals surface area contributed by atoms with Crippen LogP contribution in [0.25, 0.3) is 0 Å². The van der Waals surface area contributed by atoms with Crippen LogP contribution in [0.5, 0.6) is 0 Å². The van der Waals surface area contributed by atoms with Crippen molar-refractivity contribution < 1.29 is 9.53 Å². The van der Waals surface area contributed by atoms with Crippen LogP contribution in [0.4, 0.5) is 4.79 Å². The molecule has 4 heteroatoms. The molecule has 0 aromatic heterocycles. The minimum Gasteiger partial charge on any atom is -0.466 e. The molecule has 0 radical (unpaired) electrons. The highest BCUT2D eigenvalue weighted by Crippen LogP contribution is 2.07. The second kappa shape index (κ2) is 4.49. The molecule has 1 aromatic rings. The summed E-state index contributed by atoms with van der Waals surface area (Å²) in [5, 5.41) is 0. The molecule has 1 rings (SSSR count). The van der Waals surface area contributed by atoms with Crippen LogP contribution in [0.15, 0.2) is 30.3 Å². The van der Waals surface area contributed by atoms with E-state index in [0.717, 1.165) is 5.46 Å². The lowest BCUT2D eigenvalue weighted by molar-refractivity contribution is 0.0712. The predicted octanol–water partition coefficient (Wildman–Crippen LogP) is 1.36. The van der Waals surface area contributed by atoms with Crippen molar-refractivity contribution in [3.8, 4) is 0 Å². The fourth-order valence-electron chi connectivity index (χ4n) is 1.16. The summed E-state index contributed by atoms with van der Waals surface area (Å²) in [4.78, 5) is 11.6. The summed E-state index contributed by atoms with van der Waals surface area (Å²) in [6.07, 6.45) is 0. The van der Waals surface area contributed by atoms with E-state index in [2.05, 4.69) is 0 Å². The second-order valence-electron chi connectivity index (χ2n) is 4.42. The monoisotopic (exact) mass is 205 g/mol. The van der Waals surface area contributed by atoms with Crippen molar-refractivity contribution in [3.63, 3.8) is 0 Å². The molecule has 0 fully saturated rings. The lowest BCUT2D eigenvalue weighted by Gasteiger charge is -2.21. The van der Waals surface area contributed by atoms with E-state index in [1.54, 1.807) is 0 Å². The molecule has 0 heterocycles. The Kier molecular flexibility index (Phi) is 3.53. The van der Waals surface area contributed by atoms with Gasteiger partial charge in [0.1, 0.15) is 5.60 Å². The molecule has 80 valence electrons. The minimum absolute atomic E-state index is 0.395. The van der Waals surface area contributed by atoms with Gasteiger partial charge in [0.2, 0.25) is 0 Å². The molecule has 0 unspecified atom stereocenters. The van der Waals surface area contributed by atoms with Crippen LogP contribution in [-0.4, -0.2) is 18.3 Å². The average Bonchev–Trinajstić information content (AvgIpc) is 2.15. The highest BCUT2D eigenvalue weighted by molar-refractivity contribution is 6.96. The van der Waals surface area contributed by atoms with Gasteiger partial charge >= 0.3 is 6.85 Å². The van der Waals surface area contributed by atoms with Crippen molar-refractivity contribution in [1.29, 1.82) is 0 Å². The Morgan fingerprint density at radius 2 is 1.80 bits per heavy atom. The summed E-state index contributed by atoms with van der Waals surface area (Å²) in [5.74, 6) is -0.395. The number of rotatable bonds is 2. The largest absolute Gasteiger partial charge is 0.466 e. The summed E-state index contributed by atoms with van der Waals surface area (Å²) in [6.45, 7) is 4.76. The van der Waals surface area contributed by atoms with Gasteiger partial charge in [-0.1, -0.05) is 35.8 Å². The summed E-state index contributed by atoms with van der Waals surface area (Å²) >= 11 is 0. The van der Waals surface area contributed by atoms with Gasteiger partial charge in [-0.2, -0.15) is 0 Å². The molecule has 3 nitrogen and oxygen atoms in total. The third kappa shape index (κ3) is 3.76. The number of hydrogen-bond acceptors (Lipinski definition) is 3. The van der Waals surface area contributed by atoms with E-state index in [9.17, 15) is 4.79 Å². The molecule has 0 aliphatic rings. The van der Waals surface area contributed by atoms with Crippen molar-refractivity contribution in [2.45, 2.75) is 26.4 Å². The predicted molar refractivity (Wildman–Crippen MR) is 62.3 cm³/mol. The number of benzene rings is 1. The molecular weight excluding hydrogens is 189 g/mol. The first-order valence-corrected chi connectivity index (χ1v) is 4.93. The maximum Gasteiger partial charge on any atom is 0.386 e. The highest BCUT2D eigenvalue weighted by atomic mass is 16.5. The summed E-state index contributed by atoms with van der Waals surface area (Å²) in [5.41, 5.74) is 6.04. The van der Waals surface area contributed by atoms with Gasteiger partial charge in [-0.15, -0.1) is 0 Å². The molecule has 0 aliphatic heterocycles. The Morgan fingerprint density at radius 3 is 2.27 bits per heavy atom. The van der Waals surface area contributed by atoms with Crippen LogP contribution >= 0.6 is 0 Å². The van der Waals surface area contributed by atoms with Crippen molar-refractivity contribution >= 4 is 18.2 Å². The fraction of sp³-hybridized carbons (Fsp3) is 0.364. The molecule has 0 atom stereocenters. The molecular formula is C11H16BNO2. The van der Waals surface area contributed by atoms with E-state index in [-0.39, 0.29) is 0 Å². The van der Waals surface area contributed by atoms with Gasteiger partial charge in [0, 0.05) is 0 Å². The zero-order valence-electron chi connectivity index (χ0n) is 9.36. The van der Waals surface area contributed by atoms with E-state index in [1.807, 2.05) is 51.1 Å². The Balaban J connectivity index is 2.70. The summed E-state index contributed by atoms with van der Waals surface area (Å²) < 4.78 is 5.19. The zero-order valence-corrected chi connectivity index (χ0v) is 9.36. The Labute approximate surface area is 90.7 Å². The number of nitrogens with two attached hydrogens (primary N) is 1.